The Kier molecular flexibility index (Phi) is 7.50. The lowest BCUT2D eigenvalue weighted by atomic mass is 10.2. The van der Waals surface area contributed by atoms with E-state index >= 15 is 0 Å². The van der Waals surface area contributed by atoms with Crippen LogP contribution in [0.5, 0.6) is 17.2 Å². The van der Waals surface area contributed by atoms with Gasteiger partial charge in [0, 0.05) is 12.1 Å². The second-order valence-electron chi connectivity index (χ2n) is 6.29. The Morgan fingerprint density at radius 2 is 1.90 bits per heavy atom. The minimum Gasteiger partial charge on any atom is -0.508 e. The highest BCUT2D eigenvalue weighted by Crippen LogP contribution is 2.32. The van der Waals surface area contributed by atoms with Crippen LogP contribution in [0.2, 0.25) is 0 Å². The fourth-order valence-corrected chi connectivity index (χ4v) is 3.57. The van der Waals surface area contributed by atoms with Crippen molar-refractivity contribution in [3.05, 3.63) is 48.0 Å². The fraction of sp³-hybridized carbons (Fsp3) is 0.238. The Balaban J connectivity index is 1.64. The first kappa shape index (κ1) is 22.2. The van der Waals surface area contributed by atoms with Crippen molar-refractivity contribution in [1.29, 1.82) is 0 Å². The van der Waals surface area contributed by atoms with Crippen LogP contribution in [-0.2, 0) is 11.3 Å². The summed E-state index contributed by atoms with van der Waals surface area (Å²) in [5.41, 5.74) is 4.07. The molecule has 9 nitrogen and oxygen atoms in total. The van der Waals surface area contributed by atoms with Crippen molar-refractivity contribution in [3.63, 3.8) is 0 Å². The molecule has 0 unspecified atom stereocenters. The number of nitrogens with one attached hydrogen (secondary N) is 1. The molecular formula is C21H23N5O4S. The SMILES string of the molecule is CCn1c(SCC(=O)N/N=C/c2ccc(O)cc2)nnc1-c1ccc(OC)c(OC)c1. The van der Waals surface area contributed by atoms with Gasteiger partial charge >= 0.3 is 0 Å². The van der Waals surface area contributed by atoms with Crippen LogP contribution in [0.4, 0.5) is 0 Å². The van der Waals surface area contributed by atoms with Gasteiger partial charge in [-0.3, -0.25) is 4.79 Å². The zero-order valence-electron chi connectivity index (χ0n) is 17.4. The number of aromatic nitrogens is 3. The maximum absolute atomic E-state index is 12.1. The number of methoxy groups -OCH3 is 2. The number of hydrogen-bond donors (Lipinski definition) is 2. The van der Waals surface area contributed by atoms with E-state index in [2.05, 4.69) is 20.7 Å². The first-order valence-corrected chi connectivity index (χ1v) is 10.4. The molecule has 2 N–H and O–H groups in total. The summed E-state index contributed by atoms with van der Waals surface area (Å²) < 4.78 is 12.6. The van der Waals surface area contributed by atoms with Gasteiger partial charge in [-0.2, -0.15) is 5.10 Å². The number of thioether (sulfide) groups is 1. The van der Waals surface area contributed by atoms with Gasteiger partial charge in [0.05, 0.1) is 26.2 Å². The third-order valence-electron chi connectivity index (χ3n) is 4.30. The van der Waals surface area contributed by atoms with Crippen molar-refractivity contribution in [2.75, 3.05) is 20.0 Å². The molecular weight excluding hydrogens is 418 g/mol. The molecule has 0 saturated heterocycles. The van der Waals surface area contributed by atoms with Gasteiger partial charge in [-0.25, -0.2) is 5.43 Å². The molecule has 3 aromatic rings. The molecule has 0 aliphatic rings. The molecule has 0 atom stereocenters. The highest BCUT2D eigenvalue weighted by Gasteiger charge is 2.16. The number of amides is 1. The number of benzene rings is 2. The standard InChI is InChI=1S/C21H23N5O4S/c1-4-26-20(15-7-10-17(29-2)18(11-15)30-3)24-25-21(26)31-13-19(28)23-22-12-14-5-8-16(27)9-6-14/h5-12,27H,4,13H2,1-3H3,(H,23,28)/b22-12+. The fourth-order valence-electron chi connectivity index (χ4n) is 2.77. The molecule has 0 bridgehead atoms. The number of aromatic hydroxyl groups is 1. The quantitative estimate of drug-likeness (QED) is 0.298. The molecule has 0 saturated carbocycles. The summed E-state index contributed by atoms with van der Waals surface area (Å²) >= 11 is 1.28. The molecule has 1 aromatic heterocycles. The van der Waals surface area contributed by atoms with E-state index in [4.69, 9.17) is 9.47 Å². The summed E-state index contributed by atoms with van der Waals surface area (Å²) in [6.07, 6.45) is 1.51. The zero-order chi connectivity index (χ0) is 22.2. The van der Waals surface area contributed by atoms with E-state index in [1.165, 1.54) is 18.0 Å². The zero-order valence-corrected chi connectivity index (χ0v) is 18.2. The van der Waals surface area contributed by atoms with Crippen LogP contribution in [0.25, 0.3) is 11.4 Å². The second-order valence-corrected chi connectivity index (χ2v) is 7.24. The summed E-state index contributed by atoms with van der Waals surface area (Å²) in [5, 5.41) is 22.3. The summed E-state index contributed by atoms with van der Waals surface area (Å²) in [4.78, 5) is 12.1. The van der Waals surface area contributed by atoms with E-state index in [9.17, 15) is 9.90 Å². The molecule has 0 fully saturated rings. The van der Waals surface area contributed by atoms with E-state index in [1.807, 2.05) is 29.7 Å². The monoisotopic (exact) mass is 441 g/mol. The van der Waals surface area contributed by atoms with Crippen LogP contribution >= 0.6 is 11.8 Å². The van der Waals surface area contributed by atoms with Crippen LogP contribution < -0.4 is 14.9 Å². The van der Waals surface area contributed by atoms with E-state index in [-0.39, 0.29) is 17.4 Å². The molecule has 1 amide bonds. The highest BCUT2D eigenvalue weighted by molar-refractivity contribution is 7.99. The van der Waals surface area contributed by atoms with Crippen molar-refractivity contribution in [2.24, 2.45) is 5.10 Å². The van der Waals surface area contributed by atoms with Gasteiger partial charge in [0.2, 0.25) is 0 Å². The Hall–Kier alpha value is -3.53. The van der Waals surface area contributed by atoms with Gasteiger partial charge in [-0.1, -0.05) is 11.8 Å². The van der Waals surface area contributed by atoms with E-state index in [1.54, 1.807) is 38.5 Å². The number of hydrazone groups is 1. The number of phenols is 1. The van der Waals surface area contributed by atoms with E-state index in [0.29, 0.717) is 29.0 Å². The predicted octanol–water partition coefficient (Wildman–Crippen LogP) is 2.93. The minimum absolute atomic E-state index is 0.136. The van der Waals surface area contributed by atoms with Gasteiger partial charge in [0.15, 0.2) is 22.5 Å². The summed E-state index contributed by atoms with van der Waals surface area (Å²) in [6.45, 7) is 2.62. The number of rotatable bonds is 9. The number of nitrogens with zero attached hydrogens (tertiary/aromatic N) is 4. The van der Waals surface area contributed by atoms with Crippen LogP contribution in [0.3, 0.4) is 0 Å². The maximum atomic E-state index is 12.1. The Bertz CT molecular complexity index is 1070. The predicted molar refractivity (Wildman–Crippen MR) is 119 cm³/mol. The molecule has 0 spiro atoms. The van der Waals surface area contributed by atoms with E-state index < -0.39 is 0 Å². The Morgan fingerprint density at radius 3 is 2.58 bits per heavy atom. The Morgan fingerprint density at radius 1 is 1.16 bits per heavy atom. The van der Waals surface area contributed by atoms with Crippen LogP contribution in [0.1, 0.15) is 12.5 Å². The minimum atomic E-state index is -0.265. The van der Waals surface area contributed by atoms with Crippen LogP contribution in [0.15, 0.2) is 52.7 Å². The van der Waals surface area contributed by atoms with Crippen molar-refractivity contribution < 1.29 is 19.4 Å². The average molecular weight is 442 g/mol. The maximum Gasteiger partial charge on any atom is 0.250 e. The third-order valence-corrected chi connectivity index (χ3v) is 5.27. The van der Waals surface area contributed by atoms with Gasteiger partial charge in [0.1, 0.15) is 5.75 Å². The molecule has 1 heterocycles. The molecule has 10 heteroatoms. The molecule has 2 aromatic carbocycles. The van der Waals surface area contributed by atoms with Crippen LogP contribution in [-0.4, -0.2) is 52.0 Å². The smallest absolute Gasteiger partial charge is 0.250 e. The summed E-state index contributed by atoms with van der Waals surface area (Å²) in [6, 6.07) is 12.0. The Labute approximate surface area is 184 Å². The normalized spacial score (nSPS) is 10.9. The van der Waals surface area contributed by atoms with Gasteiger partial charge in [0.25, 0.3) is 5.91 Å². The summed E-state index contributed by atoms with van der Waals surface area (Å²) in [5.74, 6) is 1.95. The molecule has 162 valence electrons. The second kappa shape index (κ2) is 10.5. The number of ether oxygens (including phenoxy) is 2. The van der Waals surface area contributed by atoms with Gasteiger partial charge in [-0.15, -0.1) is 10.2 Å². The van der Waals surface area contributed by atoms with Crippen LogP contribution in [0, 0.1) is 0 Å². The van der Waals surface area contributed by atoms with E-state index in [0.717, 1.165) is 11.1 Å². The average Bonchev–Trinajstić information content (AvgIpc) is 3.21. The molecule has 0 aliphatic carbocycles. The van der Waals surface area contributed by atoms with Crippen molar-refractivity contribution >= 4 is 23.9 Å². The third kappa shape index (κ3) is 5.54. The van der Waals surface area contributed by atoms with Crippen molar-refractivity contribution in [1.82, 2.24) is 20.2 Å². The molecule has 3 rings (SSSR count). The van der Waals surface area contributed by atoms with Crippen molar-refractivity contribution in [3.8, 4) is 28.6 Å². The number of hydrogen-bond acceptors (Lipinski definition) is 8. The topological polar surface area (TPSA) is 111 Å². The van der Waals surface area contributed by atoms with Gasteiger partial charge < -0.3 is 19.1 Å². The highest BCUT2D eigenvalue weighted by atomic mass is 32.2. The molecule has 0 aliphatic heterocycles. The summed E-state index contributed by atoms with van der Waals surface area (Å²) in [7, 11) is 3.16. The number of carbonyl (C=O) groups is 1. The molecule has 31 heavy (non-hydrogen) atoms. The largest absolute Gasteiger partial charge is 0.508 e. The van der Waals surface area contributed by atoms with Crippen molar-refractivity contribution in [2.45, 2.75) is 18.6 Å². The first-order chi connectivity index (χ1) is 15.0. The lowest BCUT2D eigenvalue weighted by Gasteiger charge is -2.10. The number of carbonyl (C=O) groups excluding carboxylic acids is 1. The first-order valence-electron chi connectivity index (χ1n) is 9.45. The number of phenolic OH excluding ortho intramolecular Hbond substituents is 1. The van der Waals surface area contributed by atoms with Gasteiger partial charge in [-0.05, 0) is 55.0 Å². The lowest BCUT2D eigenvalue weighted by molar-refractivity contribution is -0.118. The lowest BCUT2D eigenvalue weighted by Crippen LogP contribution is -2.20. The molecule has 0 radical (unpaired) electrons.